The predicted octanol–water partition coefficient (Wildman–Crippen LogP) is 1.02. The number of piperidine rings is 2. The van der Waals surface area contributed by atoms with Crippen LogP contribution in [0.15, 0.2) is 30.3 Å². The van der Waals surface area contributed by atoms with Gasteiger partial charge in [0.05, 0.1) is 5.60 Å². The number of aliphatic hydroxyl groups is 2. The van der Waals surface area contributed by atoms with Gasteiger partial charge in [0.15, 0.2) is 5.60 Å². The van der Waals surface area contributed by atoms with E-state index in [0.29, 0.717) is 38.9 Å². The lowest BCUT2D eigenvalue weighted by Crippen LogP contribution is -2.59. The molecule has 3 N–H and O–H groups in total. The second kappa shape index (κ2) is 9.35. The zero-order valence-electron chi connectivity index (χ0n) is 17.1. The summed E-state index contributed by atoms with van der Waals surface area (Å²) in [5.74, 6) is -0.172. The standard InChI is InChI=1S/C22H35N3O3/c1-24-15-11-21(27,12-16-24)17-23-18-22(28)10-6-14-25(20(22)26)13-5-9-19-7-3-2-4-8-19/h2-4,7-8,23,27-28H,5-6,9-18H2,1H3/t22-/m1/s1. The fraction of sp³-hybridized carbons (Fsp3) is 0.682. The minimum Gasteiger partial charge on any atom is -0.388 e. The summed E-state index contributed by atoms with van der Waals surface area (Å²) < 4.78 is 0. The highest BCUT2D eigenvalue weighted by Gasteiger charge is 2.42. The normalized spacial score (nSPS) is 25.8. The Labute approximate surface area is 168 Å². The summed E-state index contributed by atoms with van der Waals surface area (Å²) in [5, 5.41) is 24.8. The fourth-order valence-electron chi connectivity index (χ4n) is 4.27. The summed E-state index contributed by atoms with van der Waals surface area (Å²) in [6.45, 7) is 3.76. The van der Waals surface area contributed by atoms with Crippen molar-refractivity contribution in [3.8, 4) is 0 Å². The van der Waals surface area contributed by atoms with Crippen molar-refractivity contribution in [1.82, 2.24) is 15.1 Å². The third-order valence-corrected chi connectivity index (χ3v) is 6.23. The highest BCUT2D eigenvalue weighted by atomic mass is 16.3. The van der Waals surface area contributed by atoms with E-state index in [4.69, 9.17) is 0 Å². The van der Waals surface area contributed by atoms with Crippen LogP contribution in [0, 0.1) is 0 Å². The molecule has 28 heavy (non-hydrogen) atoms. The maximum atomic E-state index is 12.9. The van der Waals surface area contributed by atoms with Crippen LogP contribution in [0.5, 0.6) is 0 Å². The molecule has 0 unspecified atom stereocenters. The number of likely N-dealkylation sites (tertiary alicyclic amines) is 2. The highest BCUT2D eigenvalue weighted by Crippen LogP contribution is 2.24. The summed E-state index contributed by atoms with van der Waals surface area (Å²) in [6, 6.07) is 10.3. The summed E-state index contributed by atoms with van der Waals surface area (Å²) in [4.78, 5) is 16.9. The van der Waals surface area contributed by atoms with Crippen LogP contribution in [0.25, 0.3) is 0 Å². The lowest BCUT2D eigenvalue weighted by Gasteiger charge is -2.40. The molecular formula is C22H35N3O3. The first-order chi connectivity index (χ1) is 13.4. The molecule has 156 valence electrons. The molecule has 0 aromatic heterocycles. The molecule has 0 radical (unpaired) electrons. The Morgan fingerprint density at radius 1 is 1.04 bits per heavy atom. The molecule has 3 rings (SSSR count). The molecule has 2 aliphatic heterocycles. The molecule has 6 nitrogen and oxygen atoms in total. The first-order valence-electron chi connectivity index (χ1n) is 10.6. The number of hydrogen-bond donors (Lipinski definition) is 3. The minimum atomic E-state index is -1.35. The van der Waals surface area contributed by atoms with Gasteiger partial charge in [-0.1, -0.05) is 30.3 Å². The van der Waals surface area contributed by atoms with Gasteiger partial charge < -0.3 is 25.3 Å². The molecule has 2 heterocycles. The smallest absolute Gasteiger partial charge is 0.255 e. The third kappa shape index (κ3) is 5.54. The Bertz CT molecular complexity index is 631. The van der Waals surface area contributed by atoms with E-state index >= 15 is 0 Å². The van der Waals surface area contributed by atoms with E-state index in [1.54, 1.807) is 4.90 Å². The number of rotatable bonds is 8. The van der Waals surface area contributed by atoms with E-state index in [9.17, 15) is 15.0 Å². The summed E-state index contributed by atoms with van der Waals surface area (Å²) in [7, 11) is 2.06. The monoisotopic (exact) mass is 389 g/mol. The summed E-state index contributed by atoms with van der Waals surface area (Å²) >= 11 is 0. The zero-order valence-corrected chi connectivity index (χ0v) is 17.1. The Balaban J connectivity index is 1.45. The molecule has 1 aromatic rings. The van der Waals surface area contributed by atoms with E-state index in [-0.39, 0.29) is 12.5 Å². The number of carbonyl (C=O) groups is 1. The lowest BCUT2D eigenvalue weighted by atomic mass is 9.89. The molecular weight excluding hydrogens is 354 g/mol. The maximum absolute atomic E-state index is 12.9. The van der Waals surface area contributed by atoms with Crippen molar-refractivity contribution in [3.05, 3.63) is 35.9 Å². The molecule has 2 saturated heterocycles. The van der Waals surface area contributed by atoms with Crippen LogP contribution >= 0.6 is 0 Å². The Morgan fingerprint density at radius 3 is 2.46 bits per heavy atom. The zero-order chi connectivity index (χ0) is 20.0. The van der Waals surface area contributed by atoms with E-state index in [2.05, 4.69) is 29.4 Å². The van der Waals surface area contributed by atoms with Crippen LogP contribution in [0.1, 0.15) is 37.7 Å². The number of benzene rings is 1. The topological polar surface area (TPSA) is 76.0 Å². The summed E-state index contributed by atoms with van der Waals surface area (Å²) in [5.41, 5.74) is -0.821. The minimum absolute atomic E-state index is 0.172. The van der Waals surface area contributed by atoms with Gasteiger partial charge in [-0.2, -0.15) is 0 Å². The first kappa shape index (κ1) is 21.2. The molecule has 0 saturated carbocycles. The highest BCUT2D eigenvalue weighted by molar-refractivity contribution is 5.86. The number of nitrogens with zero attached hydrogens (tertiary/aromatic N) is 2. The van der Waals surface area contributed by atoms with E-state index < -0.39 is 11.2 Å². The van der Waals surface area contributed by atoms with Crippen molar-refractivity contribution in [2.75, 3.05) is 46.3 Å². The van der Waals surface area contributed by atoms with Crippen LogP contribution in [-0.4, -0.2) is 83.4 Å². The van der Waals surface area contributed by atoms with Crippen LogP contribution in [0.2, 0.25) is 0 Å². The molecule has 6 heteroatoms. The van der Waals surface area contributed by atoms with Gasteiger partial charge in [0.25, 0.3) is 5.91 Å². The largest absolute Gasteiger partial charge is 0.388 e. The average molecular weight is 390 g/mol. The Hall–Kier alpha value is -1.47. The lowest BCUT2D eigenvalue weighted by molar-refractivity contribution is -0.157. The second-order valence-electron chi connectivity index (χ2n) is 8.65. The molecule has 1 aromatic carbocycles. The van der Waals surface area contributed by atoms with Crippen molar-refractivity contribution in [2.24, 2.45) is 0 Å². The van der Waals surface area contributed by atoms with Crippen molar-refractivity contribution < 1.29 is 15.0 Å². The van der Waals surface area contributed by atoms with Gasteiger partial charge >= 0.3 is 0 Å². The van der Waals surface area contributed by atoms with Crippen molar-refractivity contribution in [3.63, 3.8) is 0 Å². The molecule has 1 atom stereocenters. The Morgan fingerprint density at radius 2 is 1.75 bits per heavy atom. The van der Waals surface area contributed by atoms with E-state index in [0.717, 1.165) is 32.4 Å². The molecule has 0 aliphatic carbocycles. The number of aryl methyl sites for hydroxylation is 1. The Kier molecular flexibility index (Phi) is 7.10. The van der Waals surface area contributed by atoms with Gasteiger partial charge in [-0.05, 0) is 51.1 Å². The predicted molar refractivity (Wildman–Crippen MR) is 110 cm³/mol. The quantitative estimate of drug-likeness (QED) is 0.619. The molecule has 1 amide bonds. The maximum Gasteiger partial charge on any atom is 0.255 e. The second-order valence-corrected chi connectivity index (χ2v) is 8.65. The molecule has 0 spiro atoms. The van der Waals surface area contributed by atoms with Gasteiger partial charge in [-0.25, -0.2) is 0 Å². The molecule has 0 bridgehead atoms. The number of hydrogen-bond acceptors (Lipinski definition) is 5. The number of nitrogens with one attached hydrogen (secondary N) is 1. The van der Waals surface area contributed by atoms with Crippen molar-refractivity contribution >= 4 is 5.91 Å². The first-order valence-corrected chi connectivity index (χ1v) is 10.6. The van der Waals surface area contributed by atoms with Crippen LogP contribution < -0.4 is 5.32 Å². The van der Waals surface area contributed by atoms with Gasteiger partial charge in [-0.15, -0.1) is 0 Å². The van der Waals surface area contributed by atoms with Crippen molar-refractivity contribution in [1.29, 1.82) is 0 Å². The average Bonchev–Trinajstić information content (AvgIpc) is 2.69. The van der Waals surface area contributed by atoms with Gasteiger partial charge in [0.2, 0.25) is 0 Å². The van der Waals surface area contributed by atoms with Gasteiger partial charge in [-0.3, -0.25) is 4.79 Å². The van der Waals surface area contributed by atoms with Crippen molar-refractivity contribution in [2.45, 2.75) is 49.7 Å². The van der Waals surface area contributed by atoms with Gasteiger partial charge in [0.1, 0.15) is 0 Å². The number of carbonyl (C=O) groups excluding carboxylic acids is 1. The van der Waals surface area contributed by atoms with Gasteiger partial charge in [0, 0.05) is 39.3 Å². The van der Waals surface area contributed by atoms with Crippen LogP contribution in [0.3, 0.4) is 0 Å². The van der Waals surface area contributed by atoms with E-state index in [1.807, 2.05) is 18.2 Å². The number of amides is 1. The SMILES string of the molecule is CN1CCC(O)(CNC[C@]2(O)CCCN(CCCc3ccccc3)C2=O)CC1. The summed E-state index contributed by atoms with van der Waals surface area (Å²) in [6.07, 6.45) is 4.55. The van der Waals surface area contributed by atoms with E-state index in [1.165, 1.54) is 5.56 Å². The molecule has 2 aliphatic rings. The fourth-order valence-corrected chi connectivity index (χ4v) is 4.27. The molecule has 2 fully saturated rings. The van der Waals surface area contributed by atoms with Crippen LogP contribution in [-0.2, 0) is 11.2 Å². The third-order valence-electron chi connectivity index (χ3n) is 6.23. The van der Waals surface area contributed by atoms with Crippen LogP contribution in [0.4, 0.5) is 0 Å².